The Balaban J connectivity index is 1.47. The van der Waals surface area contributed by atoms with E-state index >= 15 is 0 Å². The van der Waals surface area contributed by atoms with Crippen LogP contribution in [0, 0.1) is 13.8 Å². The maximum atomic E-state index is 13.5. The molecule has 0 atom stereocenters. The van der Waals surface area contributed by atoms with Gasteiger partial charge in [0.1, 0.15) is 4.83 Å². The van der Waals surface area contributed by atoms with Gasteiger partial charge in [0.25, 0.3) is 5.56 Å². The lowest BCUT2D eigenvalue weighted by atomic mass is 10.2. The fraction of sp³-hybridized carbons (Fsp3) is 0.364. The molecule has 1 saturated carbocycles. The van der Waals surface area contributed by atoms with E-state index in [0.29, 0.717) is 22.6 Å². The molecular formula is C22H21ClN4O2S2. The molecule has 0 bridgehead atoms. The highest BCUT2D eigenvalue weighted by Crippen LogP contribution is 2.35. The Morgan fingerprint density at radius 1 is 1.19 bits per heavy atom. The normalized spacial score (nSPS) is 14.7. The van der Waals surface area contributed by atoms with Gasteiger partial charge < -0.3 is 4.42 Å². The topological polar surface area (TPSA) is 73.8 Å². The van der Waals surface area contributed by atoms with Gasteiger partial charge in [-0.25, -0.2) is 4.98 Å². The van der Waals surface area contributed by atoms with Crippen LogP contribution in [-0.2, 0) is 5.75 Å². The number of hydrogen-bond acceptors (Lipinski definition) is 7. The first kappa shape index (κ1) is 20.7. The summed E-state index contributed by atoms with van der Waals surface area (Å²) in [6.07, 6.45) is 4.33. The molecule has 0 amide bonds. The molecule has 0 saturated heterocycles. The Bertz CT molecular complexity index is 1300. The standard InChI is InChI=1S/C22H21ClN4O2S2/c1-12-13(2)31-20-18(12)21(28)27(16-5-3-4-6-16)22(24-20)30-11-17-25-26-19(29-17)14-7-9-15(23)10-8-14/h7-10,16H,3-6,11H2,1-2H3. The number of benzene rings is 1. The van der Waals surface area contributed by atoms with Crippen molar-refractivity contribution in [3.63, 3.8) is 0 Å². The molecular weight excluding hydrogens is 452 g/mol. The number of halogens is 1. The van der Waals surface area contributed by atoms with Crippen LogP contribution in [-0.4, -0.2) is 19.7 Å². The Labute approximate surface area is 192 Å². The van der Waals surface area contributed by atoms with Gasteiger partial charge in [-0.2, -0.15) is 0 Å². The van der Waals surface area contributed by atoms with Crippen molar-refractivity contribution in [2.45, 2.75) is 56.5 Å². The highest BCUT2D eigenvalue weighted by atomic mass is 35.5. The summed E-state index contributed by atoms with van der Waals surface area (Å²) in [5, 5.41) is 10.5. The molecule has 1 aliphatic rings. The SMILES string of the molecule is Cc1sc2nc(SCc3nnc(-c4ccc(Cl)cc4)o3)n(C3CCCC3)c(=O)c2c1C. The Morgan fingerprint density at radius 2 is 1.94 bits per heavy atom. The number of fused-ring (bicyclic) bond motifs is 1. The summed E-state index contributed by atoms with van der Waals surface area (Å²) >= 11 is 9.02. The fourth-order valence-electron chi connectivity index (χ4n) is 4.02. The Kier molecular flexibility index (Phi) is 5.62. The number of thioether (sulfide) groups is 1. The van der Waals surface area contributed by atoms with Crippen LogP contribution in [0.5, 0.6) is 0 Å². The first-order chi connectivity index (χ1) is 15.0. The van der Waals surface area contributed by atoms with Crippen molar-refractivity contribution >= 4 is 44.9 Å². The number of thiophene rings is 1. The van der Waals surface area contributed by atoms with Crippen molar-refractivity contribution in [2.75, 3.05) is 0 Å². The van der Waals surface area contributed by atoms with E-state index in [0.717, 1.165) is 57.1 Å². The minimum atomic E-state index is 0.0774. The van der Waals surface area contributed by atoms with Crippen LogP contribution >= 0.6 is 34.7 Å². The third-order valence-electron chi connectivity index (χ3n) is 5.78. The van der Waals surface area contributed by atoms with Gasteiger partial charge in [-0.15, -0.1) is 21.5 Å². The van der Waals surface area contributed by atoms with Crippen LogP contribution in [0.1, 0.15) is 48.1 Å². The average molecular weight is 473 g/mol. The van der Waals surface area contributed by atoms with E-state index in [-0.39, 0.29) is 11.6 Å². The van der Waals surface area contributed by atoms with Crippen molar-refractivity contribution < 1.29 is 4.42 Å². The maximum absolute atomic E-state index is 13.5. The third-order valence-corrected chi connectivity index (χ3v) is 8.07. The molecule has 3 aromatic heterocycles. The van der Waals surface area contributed by atoms with Crippen molar-refractivity contribution in [3.05, 3.63) is 56.0 Å². The molecule has 0 N–H and O–H groups in total. The summed E-state index contributed by atoms with van der Waals surface area (Å²) in [4.78, 5) is 20.3. The lowest BCUT2D eigenvalue weighted by Gasteiger charge is -2.17. The van der Waals surface area contributed by atoms with E-state index in [9.17, 15) is 4.79 Å². The number of aryl methyl sites for hydroxylation is 2. The number of aromatic nitrogens is 4. The van der Waals surface area contributed by atoms with Gasteiger partial charge in [0.05, 0.1) is 11.1 Å². The molecule has 1 aliphatic carbocycles. The van der Waals surface area contributed by atoms with Gasteiger partial charge in [-0.1, -0.05) is 36.2 Å². The highest BCUT2D eigenvalue weighted by molar-refractivity contribution is 7.98. The Hall–Kier alpha value is -2.16. The van der Waals surface area contributed by atoms with E-state index in [1.165, 1.54) is 11.8 Å². The summed E-state index contributed by atoms with van der Waals surface area (Å²) in [5.74, 6) is 1.41. The minimum absolute atomic E-state index is 0.0774. The quantitative estimate of drug-likeness (QED) is 0.255. The zero-order valence-electron chi connectivity index (χ0n) is 17.2. The van der Waals surface area contributed by atoms with Gasteiger partial charge in [0.2, 0.25) is 11.8 Å². The number of rotatable bonds is 5. The van der Waals surface area contributed by atoms with Crippen molar-refractivity contribution in [1.82, 2.24) is 19.7 Å². The van der Waals surface area contributed by atoms with Crippen LogP contribution in [0.15, 0.2) is 38.6 Å². The molecule has 0 unspecified atom stereocenters. The van der Waals surface area contributed by atoms with Crippen molar-refractivity contribution in [3.8, 4) is 11.5 Å². The molecule has 31 heavy (non-hydrogen) atoms. The molecule has 1 aromatic carbocycles. The van der Waals surface area contributed by atoms with E-state index in [1.54, 1.807) is 23.5 Å². The van der Waals surface area contributed by atoms with Crippen LogP contribution in [0.2, 0.25) is 5.02 Å². The molecule has 160 valence electrons. The summed E-state index contributed by atoms with van der Waals surface area (Å²) in [6, 6.07) is 7.49. The summed E-state index contributed by atoms with van der Waals surface area (Å²) < 4.78 is 7.75. The second-order valence-electron chi connectivity index (χ2n) is 7.77. The predicted molar refractivity (Wildman–Crippen MR) is 125 cm³/mol. The van der Waals surface area contributed by atoms with Crippen LogP contribution in [0.4, 0.5) is 0 Å². The average Bonchev–Trinajstić information content (AvgIpc) is 3.49. The van der Waals surface area contributed by atoms with Gasteiger partial charge in [0.15, 0.2) is 5.16 Å². The minimum Gasteiger partial charge on any atom is -0.420 e. The number of hydrogen-bond donors (Lipinski definition) is 0. The smallest absolute Gasteiger partial charge is 0.263 e. The third kappa shape index (κ3) is 3.92. The largest absolute Gasteiger partial charge is 0.420 e. The maximum Gasteiger partial charge on any atom is 0.263 e. The molecule has 9 heteroatoms. The van der Waals surface area contributed by atoms with Gasteiger partial charge in [-0.05, 0) is 56.5 Å². The predicted octanol–water partition coefficient (Wildman–Crippen LogP) is 6.19. The Morgan fingerprint density at radius 3 is 2.68 bits per heavy atom. The first-order valence-electron chi connectivity index (χ1n) is 10.2. The summed E-state index contributed by atoms with van der Waals surface area (Å²) in [5.41, 5.74) is 1.94. The van der Waals surface area contributed by atoms with Gasteiger partial charge >= 0.3 is 0 Å². The summed E-state index contributed by atoms with van der Waals surface area (Å²) in [6.45, 7) is 4.06. The highest BCUT2D eigenvalue weighted by Gasteiger charge is 2.25. The molecule has 1 fully saturated rings. The van der Waals surface area contributed by atoms with E-state index in [2.05, 4.69) is 10.2 Å². The second kappa shape index (κ2) is 8.41. The lowest BCUT2D eigenvalue weighted by molar-refractivity contribution is 0.457. The fourth-order valence-corrected chi connectivity index (χ4v) is 6.12. The van der Waals surface area contributed by atoms with Gasteiger partial charge in [-0.3, -0.25) is 9.36 Å². The van der Waals surface area contributed by atoms with Crippen LogP contribution < -0.4 is 5.56 Å². The first-order valence-corrected chi connectivity index (χ1v) is 12.4. The van der Waals surface area contributed by atoms with Crippen LogP contribution in [0.3, 0.4) is 0 Å². The van der Waals surface area contributed by atoms with Crippen LogP contribution in [0.25, 0.3) is 21.7 Å². The lowest BCUT2D eigenvalue weighted by Crippen LogP contribution is -2.26. The molecule has 3 heterocycles. The second-order valence-corrected chi connectivity index (χ2v) is 10.3. The molecule has 4 aromatic rings. The molecule has 6 nitrogen and oxygen atoms in total. The monoisotopic (exact) mass is 472 g/mol. The number of nitrogens with zero attached hydrogens (tertiary/aromatic N) is 4. The van der Waals surface area contributed by atoms with Crippen molar-refractivity contribution in [1.29, 1.82) is 0 Å². The van der Waals surface area contributed by atoms with E-state index in [1.807, 2.05) is 30.5 Å². The van der Waals surface area contributed by atoms with Crippen molar-refractivity contribution in [2.24, 2.45) is 0 Å². The van der Waals surface area contributed by atoms with Gasteiger partial charge in [0, 0.05) is 21.5 Å². The zero-order valence-corrected chi connectivity index (χ0v) is 19.6. The molecule has 0 aliphatic heterocycles. The molecule has 0 radical (unpaired) electrons. The summed E-state index contributed by atoms with van der Waals surface area (Å²) in [7, 11) is 0. The molecule has 0 spiro atoms. The van der Waals surface area contributed by atoms with E-state index in [4.69, 9.17) is 21.0 Å². The molecule has 5 rings (SSSR count). The zero-order chi connectivity index (χ0) is 21.5. The van der Waals surface area contributed by atoms with E-state index < -0.39 is 0 Å².